The van der Waals surface area contributed by atoms with Gasteiger partial charge in [-0.25, -0.2) is 0 Å². The summed E-state index contributed by atoms with van der Waals surface area (Å²) < 4.78 is 0. The highest BCUT2D eigenvalue weighted by molar-refractivity contribution is 5.82. The van der Waals surface area contributed by atoms with E-state index in [-0.39, 0.29) is 6.10 Å². The summed E-state index contributed by atoms with van der Waals surface area (Å²) in [5.74, 6) is 0.762. The first-order valence-electron chi connectivity index (χ1n) is 13.6. The highest BCUT2D eigenvalue weighted by Crippen LogP contribution is 2.37. The molecule has 35 heavy (non-hydrogen) atoms. The lowest BCUT2D eigenvalue weighted by atomic mass is 9.80. The lowest BCUT2D eigenvalue weighted by Gasteiger charge is -2.30. The van der Waals surface area contributed by atoms with Gasteiger partial charge in [-0.2, -0.15) is 0 Å². The molecule has 0 radical (unpaired) electrons. The monoisotopic (exact) mass is 465 g/mol. The smallest absolute Gasteiger partial charge is 0.0790 e. The highest BCUT2D eigenvalue weighted by atomic mass is 16.3. The van der Waals surface area contributed by atoms with Crippen molar-refractivity contribution in [1.82, 2.24) is 4.90 Å². The van der Waals surface area contributed by atoms with E-state index in [0.29, 0.717) is 0 Å². The Morgan fingerprint density at radius 2 is 1.37 bits per heavy atom. The van der Waals surface area contributed by atoms with Crippen LogP contribution in [0.4, 0.5) is 0 Å². The Hall–Kier alpha value is -2.68. The van der Waals surface area contributed by atoms with Crippen LogP contribution in [-0.2, 0) is 0 Å². The normalized spacial score (nSPS) is 17.7. The molecule has 1 saturated heterocycles. The van der Waals surface area contributed by atoms with Gasteiger partial charge in [-0.3, -0.25) is 0 Å². The molecule has 1 unspecified atom stereocenters. The summed E-state index contributed by atoms with van der Waals surface area (Å²) in [5, 5.41) is 10.7. The lowest BCUT2D eigenvalue weighted by Crippen LogP contribution is -2.32. The van der Waals surface area contributed by atoms with Gasteiger partial charge in [0.25, 0.3) is 0 Å². The van der Waals surface area contributed by atoms with Crippen molar-refractivity contribution in [3.8, 4) is 0 Å². The van der Waals surface area contributed by atoms with Crippen LogP contribution >= 0.6 is 0 Å². The van der Waals surface area contributed by atoms with Crippen LogP contribution in [0.5, 0.6) is 0 Å². The number of piperidine rings is 1. The molecule has 1 aliphatic heterocycles. The van der Waals surface area contributed by atoms with Crippen molar-refractivity contribution in [3.63, 3.8) is 0 Å². The average Bonchev–Trinajstić information content (AvgIpc) is 2.88. The maximum atomic E-state index is 10.7. The maximum Gasteiger partial charge on any atom is 0.0790 e. The van der Waals surface area contributed by atoms with Crippen molar-refractivity contribution in [2.75, 3.05) is 19.6 Å². The largest absolute Gasteiger partial charge is 0.388 e. The van der Waals surface area contributed by atoms with E-state index in [2.05, 4.69) is 89.8 Å². The average molecular weight is 466 g/mol. The summed E-state index contributed by atoms with van der Waals surface area (Å²) in [6.07, 6.45) is 9.04. The molecule has 1 N–H and O–H groups in total. The van der Waals surface area contributed by atoms with E-state index in [1.54, 1.807) is 5.57 Å². The molecule has 2 fully saturated rings. The molecule has 1 heterocycles. The molecule has 0 amide bonds. The minimum atomic E-state index is -0.333. The van der Waals surface area contributed by atoms with Gasteiger partial charge in [-0.1, -0.05) is 96.9 Å². The van der Waals surface area contributed by atoms with E-state index in [0.717, 1.165) is 63.2 Å². The van der Waals surface area contributed by atoms with Gasteiger partial charge in [-0.15, -0.1) is 0 Å². The summed E-state index contributed by atoms with van der Waals surface area (Å²) in [6, 6.07) is 30.5. The molecular formula is C33H39NO. The first-order valence-corrected chi connectivity index (χ1v) is 13.6. The molecule has 3 aromatic rings. The molecule has 1 atom stereocenters. The molecule has 3 aromatic carbocycles. The fourth-order valence-corrected chi connectivity index (χ4v) is 5.65. The number of unbranched alkanes of at least 4 members (excludes halogenated alkanes) is 1. The van der Waals surface area contributed by atoms with Crippen molar-refractivity contribution in [3.05, 3.63) is 113 Å². The fraction of sp³-hybridized carbons (Fsp3) is 0.394. The van der Waals surface area contributed by atoms with Gasteiger partial charge in [0.15, 0.2) is 0 Å². The Labute approximate surface area is 211 Å². The van der Waals surface area contributed by atoms with Crippen LogP contribution in [0, 0.1) is 0 Å². The van der Waals surface area contributed by atoms with E-state index in [1.165, 1.54) is 41.5 Å². The third kappa shape index (κ3) is 6.12. The zero-order chi connectivity index (χ0) is 23.9. The third-order valence-electron chi connectivity index (χ3n) is 8.04. The summed E-state index contributed by atoms with van der Waals surface area (Å²) in [6.45, 7) is 3.39. The predicted molar refractivity (Wildman–Crippen MR) is 146 cm³/mol. The van der Waals surface area contributed by atoms with Gasteiger partial charge in [0.1, 0.15) is 0 Å². The van der Waals surface area contributed by atoms with E-state index in [9.17, 15) is 5.11 Å². The number of benzene rings is 3. The van der Waals surface area contributed by atoms with Crippen molar-refractivity contribution in [2.24, 2.45) is 0 Å². The quantitative estimate of drug-likeness (QED) is 0.326. The van der Waals surface area contributed by atoms with Gasteiger partial charge in [0, 0.05) is 13.1 Å². The van der Waals surface area contributed by atoms with Gasteiger partial charge >= 0.3 is 0 Å². The standard InChI is InChI=1S/C33H39NO/c35-32(28-19-17-27(18-20-28)26-14-9-15-26)16-7-8-23-34-24-21-31(22-25-34)33(29-10-3-1-4-11-29)30-12-5-2-6-13-30/h1-6,10-13,17-20,26,32,35H,7-9,14-16,21-25H2. The first-order chi connectivity index (χ1) is 17.3. The molecule has 5 rings (SSSR count). The Morgan fingerprint density at radius 1 is 0.771 bits per heavy atom. The summed E-state index contributed by atoms with van der Waals surface area (Å²) >= 11 is 0. The lowest BCUT2D eigenvalue weighted by molar-refractivity contribution is 0.160. The topological polar surface area (TPSA) is 23.5 Å². The Kier molecular flexibility index (Phi) is 8.13. The van der Waals surface area contributed by atoms with E-state index in [1.807, 2.05) is 0 Å². The highest BCUT2D eigenvalue weighted by Gasteiger charge is 2.20. The molecule has 0 spiro atoms. The minimum Gasteiger partial charge on any atom is -0.388 e. The second-order valence-corrected chi connectivity index (χ2v) is 10.4. The zero-order valence-corrected chi connectivity index (χ0v) is 20.9. The Balaban J connectivity index is 1.10. The molecular weight excluding hydrogens is 426 g/mol. The van der Waals surface area contributed by atoms with Crippen LogP contribution < -0.4 is 0 Å². The molecule has 2 aliphatic rings. The van der Waals surface area contributed by atoms with Crippen molar-refractivity contribution < 1.29 is 5.11 Å². The second kappa shape index (κ2) is 11.8. The molecule has 2 nitrogen and oxygen atoms in total. The van der Waals surface area contributed by atoms with E-state index in [4.69, 9.17) is 0 Å². The molecule has 182 valence electrons. The van der Waals surface area contributed by atoms with Crippen LogP contribution in [0.15, 0.2) is 90.5 Å². The van der Waals surface area contributed by atoms with E-state index >= 15 is 0 Å². The molecule has 2 heteroatoms. The van der Waals surface area contributed by atoms with Crippen molar-refractivity contribution in [2.45, 2.75) is 63.4 Å². The molecule has 1 saturated carbocycles. The molecule has 0 bridgehead atoms. The fourth-order valence-electron chi connectivity index (χ4n) is 5.65. The molecule has 0 aromatic heterocycles. The number of hydrogen-bond donors (Lipinski definition) is 1. The van der Waals surface area contributed by atoms with Crippen LogP contribution in [0.3, 0.4) is 0 Å². The van der Waals surface area contributed by atoms with Crippen LogP contribution in [0.25, 0.3) is 5.57 Å². The number of aliphatic hydroxyl groups excluding tert-OH is 1. The zero-order valence-electron chi connectivity index (χ0n) is 20.9. The van der Waals surface area contributed by atoms with Crippen molar-refractivity contribution in [1.29, 1.82) is 0 Å². The van der Waals surface area contributed by atoms with Gasteiger partial charge < -0.3 is 10.0 Å². The number of likely N-dealkylation sites (tertiary alicyclic amines) is 1. The maximum absolute atomic E-state index is 10.7. The summed E-state index contributed by atoms with van der Waals surface area (Å²) in [4.78, 5) is 2.61. The van der Waals surface area contributed by atoms with Crippen molar-refractivity contribution >= 4 is 5.57 Å². The number of aliphatic hydroxyl groups is 1. The SMILES string of the molecule is OC(CCCCN1CCC(=C(c2ccccc2)c2ccccc2)CC1)c1ccc(C2CCC2)cc1. The number of rotatable bonds is 9. The number of nitrogens with zero attached hydrogens (tertiary/aromatic N) is 1. The van der Waals surface area contributed by atoms with Gasteiger partial charge in [0.2, 0.25) is 0 Å². The van der Waals surface area contributed by atoms with Gasteiger partial charge in [-0.05, 0) is 85.2 Å². The van der Waals surface area contributed by atoms with Gasteiger partial charge in [0.05, 0.1) is 6.10 Å². The molecule has 1 aliphatic carbocycles. The van der Waals surface area contributed by atoms with Crippen LogP contribution in [0.2, 0.25) is 0 Å². The predicted octanol–water partition coefficient (Wildman–Crippen LogP) is 7.76. The third-order valence-corrected chi connectivity index (χ3v) is 8.04. The second-order valence-electron chi connectivity index (χ2n) is 10.4. The van der Waals surface area contributed by atoms with Crippen LogP contribution in [-0.4, -0.2) is 29.6 Å². The summed E-state index contributed by atoms with van der Waals surface area (Å²) in [5.41, 5.74) is 8.20. The minimum absolute atomic E-state index is 0.333. The van der Waals surface area contributed by atoms with Crippen LogP contribution in [0.1, 0.15) is 85.6 Å². The summed E-state index contributed by atoms with van der Waals surface area (Å²) in [7, 11) is 0. The number of hydrogen-bond acceptors (Lipinski definition) is 2. The van der Waals surface area contributed by atoms with E-state index < -0.39 is 0 Å². The Bertz CT molecular complexity index is 1030. The first kappa shape index (κ1) is 24.0. The Morgan fingerprint density at radius 3 is 1.91 bits per heavy atom.